The lowest BCUT2D eigenvalue weighted by atomic mass is 10.0. The number of hydrogen-bond acceptors (Lipinski definition) is 3. The fourth-order valence-corrected chi connectivity index (χ4v) is 3.53. The van der Waals surface area contributed by atoms with Crippen molar-refractivity contribution >= 4 is 10.9 Å². The van der Waals surface area contributed by atoms with Crippen molar-refractivity contribution in [2.24, 2.45) is 0 Å². The van der Waals surface area contributed by atoms with Gasteiger partial charge in [-0.2, -0.15) is 18.3 Å². The minimum absolute atomic E-state index is 0.423. The lowest BCUT2D eigenvalue weighted by Crippen LogP contribution is -2.03. The van der Waals surface area contributed by atoms with Crippen LogP contribution in [0.5, 0.6) is 0 Å². The van der Waals surface area contributed by atoms with Gasteiger partial charge >= 0.3 is 6.18 Å². The first-order valence-corrected chi connectivity index (χ1v) is 9.59. The number of nitrogens with zero attached hydrogens (tertiary/aromatic N) is 3. The van der Waals surface area contributed by atoms with Gasteiger partial charge < -0.3 is 4.52 Å². The maximum Gasteiger partial charge on any atom is 0.416 e. The smallest absolute Gasteiger partial charge is 0.355 e. The fraction of sp³-hybridized carbons (Fsp3) is 0.0833. The second-order valence-electron chi connectivity index (χ2n) is 7.28. The highest BCUT2D eigenvalue weighted by atomic mass is 19.4. The van der Waals surface area contributed by atoms with Gasteiger partial charge in [-0.25, -0.2) is 4.68 Å². The summed E-state index contributed by atoms with van der Waals surface area (Å²) in [5.41, 5.74) is 4.30. The van der Waals surface area contributed by atoms with E-state index in [1.165, 1.54) is 12.1 Å². The van der Waals surface area contributed by atoms with E-state index >= 15 is 0 Å². The average Bonchev–Trinajstić information content (AvgIpc) is 3.40. The van der Waals surface area contributed by atoms with Crippen LogP contribution in [0.3, 0.4) is 0 Å². The van der Waals surface area contributed by atoms with E-state index in [1.54, 1.807) is 6.20 Å². The molecule has 0 unspecified atom stereocenters. The summed E-state index contributed by atoms with van der Waals surface area (Å²) < 4.78 is 46.0. The van der Waals surface area contributed by atoms with Crippen LogP contribution in [0, 0.1) is 6.92 Å². The number of fused-ring (bicyclic) bond motifs is 1. The van der Waals surface area contributed by atoms with Crippen molar-refractivity contribution in [2.45, 2.75) is 13.1 Å². The average molecular weight is 419 g/mol. The highest BCUT2D eigenvalue weighted by Crippen LogP contribution is 2.35. The lowest BCUT2D eigenvalue weighted by molar-refractivity contribution is -0.137. The van der Waals surface area contributed by atoms with Gasteiger partial charge in [0.1, 0.15) is 5.52 Å². The lowest BCUT2D eigenvalue weighted by Gasteiger charge is -2.09. The van der Waals surface area contributed by atoms with E-state index in [0.717, 1.165) is 34.6 Å². The van der Waals surface area contributed by atoms with Crippen LogP contribution in [-0.2, 0) is 6.18 Å². The molecule has 31 heavy (non-hydrogen) atoms. The van der Waals surface area contributed by atoms with Crippen molar-refractivity contribution in [3.05, 3.63) is 90.1 Å². The molecule has 2 aromatic heterocycles. The van der Waals surface area contributed by atoms with Gasteiger partial charge in [0.05, 0.1) is 28.5 Å². The standard InChI is InChI=1S/C24H16F3N3O/c1-15-2-9-19(10-3-15)30-22(12-13-28-30)17-6-11-21-20(14-17)23(31-29-21)16-4-7-18(8-5-16)24(25,26)27/h2-14H,1H3. The Morgan fingerprint density at radius 1 is 0.839 bits per heavy atom. The van der Waals surface area contributed by atoms with Crippen LogP contribution in [0.4, 0.5) is 13.2 Å². The number of alkyl halides is 3. The Balaban J connectivity index is 1.58. The summed E-state index contributed by atoms with van der Waals surface area (Å²) in [4.78, 5) is 0. The molecule has 0 N–H and O–H groups in total. The third-order valence-electron chi connectivity index (χ3n) is 5.17. The maximum atomic E-state index is 12.9. The first-order valence-electron chi connectivity index (χ1n) is 9.59. The van der Waals surface area contributed by atoms with Gasteiger partial charge in [0.25, 0.3) is 0 Å². The quantitative estimate of drug-likeness (QED) is 0.328. The van der Waals surface area contributed by atoms with Crippen molar-refractivity contribution in [3.8, 4) is 28.3 Å². The molecule has 0 saturated carbocycles. The monoisotopic (exact) mass is 419 g/mol. The molecular weight excluding hydrogens is 403 g/mol. The van der Waals surface area contributed by atoms with Crippen molar-refractivity contribution in [2.75, 3.05) is 0 Å². The zero-order valence-electron chi connectivity index (χ0n) is 16.4. The van der Waals surface area contributed by atoms with Gasteiger partial charge in [-0.05, 0) is 49.4 Å². The van der Waals surface area contributed by atoms with Crippen LogP contribution in [0.2, 0.25) is 0 Å². The van der Waals surface area contributed by atoms with Gasteiger partial charge in [-0.3, -0.25) is 0 Å². The van der Waals surface area contributed by atoms with E-state index < -0.39 is 11.7 Å². The summed E-state index contributed by atoms with van der Waals surface area (Å²) >= 11 is 0. The second-order valence-corrected chi connectivity index (χ2v) is 7.28. The summed E-state index contributed by atoms with van der Waals surface area (Å²) in [6, 6.07) is 20.5. The molecule has 7 heteroatoms. The molecule has 0 amide bonds. The Morgan fingerprint density at radius 3 is 2.26 bits per heavy atom. The topological polar surface area (TPSA) is 43.9 Å². The Hall–Kier alpha value is -3.87. The molecule has 5 aromatic rings. The summed E-state index contributed by atoms with van der Waals surface area (Å²) in [6.07, 6.45) is -2.66. The number of halogens is 3. The van der Waals surface area contributed by atoms with Crippen molar-refractivity contribution < 1.29 is 17.7 Å². The molecular formula is C24H16F3N3O. The third kappa shape index (κ3) is 3.48. The van der Waals surface area contributed by atoms with Crippen LogP contribution in [0.25, 0.3) is 39.2 Å². The normalized spacial score (nSPS) is 11.9. The summed E-state index contributed by atoms with van der Waals surface area (Å²) in [5, 5.41) is 9.22. The summed E-state index contributed by atoms with van der Waals surface area (Å²) in [6.45, 7) is 2.02. The van der Waals surface area contributed by atoms with E-state index in [2.05, 4.69) is 10.3 Å². The third-order valence-corrected chi connectivity index (χ3v) is 5.17. The van der Waals surface area contributed by atoms with Crippen LogP contribution < -0.4 is 0 Å². The van der Waals surface area contributed by atoms with E-state index in [4.69, 9.17) is 4.52 Å². The molecule has 154 valence electrons. The van der Waals surface area contributed by atoms with Gasteiger partial charge in [0, 0.05) is 11.1 Å². The van der Waals surface area contributed by atoms with Gasteiger partial charge in [0.2, 0.25) is 0 Å². The molecule has 0 fully saturated rings. The van der Waals surface area contributed by atoms with Crippen molar-refractivity contribution in [1.82, 2.24) is 14.9 Å². The molecule has 2 heterocycles. The van der Waals surface area contributed by atoms with E-state index in [-0.39, 0.29) is 0 Å². The summed E-state index contributed by atoms with van der Waals surface area (Å²) in [7, 11) is 0. The Kier molecular flexibility index (Phi) is 4.39. The molecule has 4 nitrogen and oxygen atoms in total. The highest BCUT2D eigenvalue weighted by molar-refractivity contribution is 5.94. The molecule has 0 aliphatic heterocycles. The molecule has 0 radical (unpaired) electrons. The van der Waals surface area contributed by atoms with Gasteiger partial charge in [-0.1, -0.05) is 41.1 Å². The number of rotatable bonds is 3. The zero-order chi connectivity index (χ0) is 21.6. The van der Waals surface area contributed by atoms with Crippen molar-refractivity contribution in [3.63, 3.8) is 0 Å². The molecule has 5 rings (SSSR count). The molecule has 0 bridgehead atoms. The van der Waals surface area contributed by atoms with E-state index in [1.807, 2.05) is 60.1 Å². The first-order chi connectivity index (χ1) is 14.9. The van der Waals surface area contributed by atoms with Crippen molar-refractivity contribution in [1.29, 1.82) is 0 Å². The molecule has 0 saturated heterocycles. The number of aryl methyl sites for hydroxylation is 1. The molecule has 3 aromatic carbocycles. The first kappa shape index (κ1) is 19.1. The van der Waals surface area contributed by atoms with E-state index in [0.29, 0.717) is 22.2 Å². The second kappa shape index (κ2) is 7.12. The highest BCUT2D eigenvalue weighted by Gasteiger charge is 2.30. The number of benzene rings is 3. The Labute approximate surface area is 175 Å². The van der Waals surface area contributed by atoms with Gasteiger partial charge in [0.15, 0.2) is 5.76 Å². The number of aromatic nitrogens is 3. The SMILES string of the molecule is Cc1ccc(-n2nccc2-c2ccc3noc(-c4ccc(C(F)(F)F)cc4)c3c2)cc1. The van der Waals surface area contributed by atoms with Crippen LogP contribution >= 0.6 is 0 Å². The fourth-order valence-electron chi connectivity index (χ4n) is 3.53. The predicted molar refractivity (Wildman–Crippen MR) is 112 cm³/mol. The van der Waals surface area contributed by atoms with Crippen LogP contribution in [0.15, 0.2) is 83.5 Å². The molecule has 0 spiro atoms. The molecule has 0 aliphatic rings. The Morgan fingerprint density at radius 2 is 1.55 bits per heavy atom. The van der Waals surface area contributed by atoms with E-state index in [9.17, 15) is 13.2 Å². The van der Waals surface area contributed by atoms with Crippen LogP contribution in [-0.4, -0.2) is 14.9 Å². The maximum absolute atomic E-state index is 12.9. The van der Waals surface area contributed by atoms with Gasteiger partial charge in [-0.15, -0.1) is 0 Å². The Bertz CT molecular complexity index is 1360. The molecule has 0 aliphatic carbocycles. The molecule has 0 atom stereocenters. The minimum atomic E-state index is -4.39. The number of hydrogen-bond donors (Lipinski definition) is 0. The minimum Gasteiger partial charge on any atom is -0.355 e. The summed E-state index contributed by atoms with van der Waals surface area (Å²) in [5.74, 6) is 0.423. The zero-order valence-corrected chi connectivity index (χ0v) is 16.4. The predicted octanol–water partition coefficient (Wildman–Crippen LogP) is 6.67. The van der Waals surface area contributed by atoms with Crippen LogP contribution in [0.1, 0.15) is 11.1 Å². The largest absolute Gasteiger partial charge is 0.416 e.